The Morgan fingerprint density at radius 3 is 2.74 bits per heavy atom. The van der Waals surface area contributed by atoms with Crippen LogP contribution < -0.4 is 0 Å². The molecule has 2 aromatic heterocycles. The lowest BCUT2D eigenvalue weighted by Gasteiger charge is -2.25. The van der Waals surface area contributed by atoms with Gasteiger partial charge < -0.3 is 9.88 Å². The van der Waals surface area contributed by atoms with Crippen molar-refractivity contribution in [1.29, 1.82) is 0 Å². The van der Waals surface area contributed by atoms with Crippen molar-refractivity contribution in [2.75, 3.05) is 24.6 Å². The first-order valence-electron chi connectivity index (χ1n) is 9.03. The monoisotopic (exact) mass is 406 g/mol. The molecule has 9 heteroatoms. The lowest BCUT2D eigenvalue weighted by Crippen LogP contribution is -2.37. The Kier molecular flexibility index (Phi) is 5.25. The van der Waals surface area contributed by atoms with Gasteiger partial charge in [-0.15, -0.1) is 0 Å². The molecular weight excluding hydrogens is 384 g/mol. The van der Waals surface area contributed by atoms with Crippen LogP contribution >= 0.6 is 11.8 Å². The second kappa shape index (κ2) is 7.65. The second-order valence-electron chi connectivity index (χ2n) is 6.75. The Hall–Kier alpha value is -1.84. The number of thioether (sulfide) groups is 1. The zero-order valence-electron chi connectivity index (χ0n) is 14.9. The van der Waals surface area contributed by atoms with E-state index in [9.17, 15) is 13.2 Å². The molecule has 0 bridgehead atoms. The number of amides is 1. The average molecular weight is 407 g/mol. The molecule has 27 heavy (non-hydrogen) atoms. The van der Waals surface area contributed by atoms with Crippen LogP contribution in [0.1, 0.15) is 29.0 Å². The van der Waals surface area contributed by atoms with Gasteiger partial charge in [-0.2, -0.15) is 16.1 Å². The van der Waals surface area contributed by atoms with E-state index in [-0.39, 0.29) is 16.8 Å². The fraction of sp³-hybridized carbons (Fsp3) is 0.444. The Bertz CT molecular complexity index is 904. The number of nitrogens with zero attached hydrogens (tertiary/aromatic N) is 3. The summed E-state index contributed by atoms with van der Waals surface area (Å²) in [5.41, 5.74) is 1.13. The predicted molar refractivity (Wildman–Crippen MR) is 104 cm³/mol. The highest BCUT2D eigenvalue weighted by atomic mass is 32.2. The summed E-state index contributed by atoms with van der Waals surface area (Å²) in [6.07, 6.45) is 5.07. The van der Waals surface area contributed by atoms with Crippen molar-refractivity contribution in [2.24, 2.45) is 0 Å². The van der Waals surface area contributed by atoms with E-state index in [0.29, 0.717) is 25.3 Å². The number of nitrogens with one attached hydrogen (secondary N) is 1. The fourth-order valence-corrected chi connectivity index (χ4v) is 5.73. The quantitative estimate of drug-likeness (QED) is 0.792. The molecule has 1 saturated carbocycles. The van der Waals surface area contributed by atoms with Gasteiger partial charge >= 0.3 is 0 Å². The summed E-state index contributed by atoms with van der Waals surface area (Å²) in [6.45, 7) is 1.44. The smallest absolute Gasteiger partial charge is 0.270 e. The summed E-state index contributed by atoms with van der Waals surface area (Å²) < 4.78 is 27.1. The van der Waals surface area contributed by atoms with Crippen molar-refractivity contribution >= 4 is 27.7 Å². The maximum atomic E-state index is 13.0. The summed E-state index contributed by atoms with van der Waals surface area (Å²) in [7, 11) is -3.56. The molecule has 1 saturated heterocycles. The molecule has 0 radical (unpaired) electrons. The maximum absolute atomic E-state index is 13.0. The number of hydrogen-bond acceptors (Lipinski definition) is 5. The zero-order valence-corrected chi connectivity index (χ0v) is 16.5. The van der Waals surface area contributed by atoms with Gasteiger partial charge in [0.2, 0.25) is 10.0 Å². The van der Waals surface area contributed by atoms with Crippen LogP contribution in [-0.2, 0) is 16.6 Å². The van der Waals surface area contributed by atoms with Gasteiger partial charge in [-0.1, -0.05) is 6.07 Å². The lowest BCUT2D eigenvalue weighted by molar-refractivity contribution is 0.0722. The van der Waals surface area contributed by atoms with Crippen molar-refractivity contribution in [1.82, 2.24) is 19.2 Å². The fourth-order valence-electron chi connectivity index (χ4n) is 3.16. The molecule has 2 fully saturated rings. The molecule has 0 unspecified atom stereocenters. The van der Waals surface area contributed by atoms with Crippen LogP contribution in [-0.4, -0.2) is 64.1 Å². The highest BCUT2D eigenvalue weighted by Crippen LogP contribution is 2.30. The Balaban J connectivity index is 1.53. The Morgan fingerprint density at radius 1 is 1.30 bits per heavy atom. The number of hydrogen-bond donors (Lipinski definition) is 1. The number of carbonyl (C=O) groups excluding carboxylic acids is 1. The first kappa shape index (κ1) is 18.5. The molecule has 0 atom stereocenters. The van der Waals surface area contributed by atoms with E-state index >= 15 is 0 Å². The van der Waals surface area contributed by atoms with Gasteiger partial charge in [-0.05, 0) is 31.0 Å². The molecule has 144 valence electrons. The standard InChI is InChI=1S/C18H22N4O3S2/c23-18(22(15-4-5-15)13-14-3-1-2-6-19-14)17-11-16(12-20-17)27(24,25)21-7-9-26-10-8-21/h1-3,6,11-12,15,20H,4-5,7-10,13H2. The van der Waals surface area contributed by atoms with E-state index in [1.165, 1.54) is 16.6 Å². The average Bonchev–Trinajstić information content (AvgIpc) is 3.41. The minimum Gasteiger partial charge on any atom is -0.356 e. The van der Waals surface area contributed by atoms with Crippen LogP contribution in [0, 0.1) is 0 Å². The maximum Gasteiger partial charge on any atom is 0.270 e. The summed E-state index contributed by atoms with van der Waals surface area (Å²) in [6, 6.07) is 7.29. The number of carbonyl (C=O) groups is 1. The third-order valence-corrected chi connectivity index (χ3v) is 7.62. The highest BCUT2D eigenvalue weighted by molar-refractivity contribution is 7.99. The topological polar surface area (TPSA) is 86.4 Å². The van der Waals surface area contributed by atoms with Crippen LogP contribution in [0.5, 0.6) is 0 Å². The molecule has 0 aromatic carbocycles. The van der Waals surface area contributed by atoms with Crippen molar-refractivity contribution in [3.63, 3.8) is 0 Å². The molecule has 2 aromatic rings. The van der Waals surface area contributed by atoms with Gasteiger partial charge in [0.25, 0.3) is 5.91 Å². The first-order chi connectivity index (χ1) is 13.1. The van der Waals surface area contributed by atoms with Gasteiger partial charge in [-0.3, -0.25) is 9.78 Å². The van der Waals surface area contributed by atoms with E-state index in [1.54, 1.807) is 22.9 Å². The molecule has 1 aliphatic carbocycles. The number of sulfonamides is 1. The van der Waals surface area contributed by atoms with Crippen LogP contribution in [0.4, 0.5) is 0 Å². The normalized spacial score (nSPS) is 18.4. The van der Waals surface area contributed by atoms with Crippen molar-refractivity contribution < 1.29 is 13.2 Å². The van der Waals surface area contributed by atoms with Gasteiger partial charge in [0.05, 0.1) is 12.2 Å². The summed E-state index contributed by atoms with van der Waals surface area (Å²) in [4.78, 5) is 22.1. The number of rotatable bonds is 6. The summed E-state index contributed by atoms with van der Waals surface area (Å²) >= 11 is 1.75. The second-order valence-corrected chi connectivity index (χ2v) is 9.91. The van der Waals surface area contributed by atoms with E-state index in [1.807, 2.05) is 18.2 Å². The zero-order chi connectivity index (χ0) is 18.9. The van der Waals surface area contributed by atoms with Crippen LogP contribution in [0.3, 0.4) is 0 Å². The molecule has 7 nitrogen and oxygen atoms in total. The van der Waals surface area contributed by atoms with E-state index in [4.69, 9.17) is 0 Å². The van der Waals surface area contributed by atoms with Gasteiger partial charge in [0.1, 0.15) is 10.6 Å². The molecule has 0 spiro atoms. The molecule has 3 heterocycles. The largest absolute Gasteiger partial charge is 0.356 e. The number of pyridine rings is 1. The molecule has 2 aliphatic rings. The number of aromatic nitrogens is 2. The third kappa shape index (κ3) is 4.04. The molecular formula is C18H22N4O3S2. The number of H-pyrrole nitrogens is 1. The first-order valence-corrected chi connectivity index (χ1v) is 11.6. The van der Waals surface area contributed by atoms with Crippen LogP contribution in [0.2, 0.25) is 0 Å². The van der Waals surface area contributed by atoms with Crippen LogP contribution in [0.15, 0.2) is 41.6 Å². The highest BCUT2D eigenvalue weighted by Gasteiger charge is 2.35. The minimum atomic E-state index is -3.56. The molecule has 1 N–H and O–H groups in total. The van der Waals surface area contributed by atoms with Gasteiger partial charge in [-0.25, -0.2) is 8.42 Å². The molecule has 1 aliphatic heterocycles. The Labute approximate surface area is 163 Å². The summed E-state index contributed by atoms with van der Waals surface area (Å²) in [5, 5.41) is 0. The van der Waals surface area contributed by atoms with Gasteiger partial charge in [0.15, 0.2) is 0 Å². The van der Waals surface area contributed by atoms with E-state index in [2.05, 4.69) is 9.97 Å². The molecule has 4 rings (SSSR count). The van der Waals surface area contributed by atoms with Crippen molar-refractivity contribution in [3.05, 3.63) is 48.0 Å². The van der Waals surface area contributed by atoms with Crippen molar-refractivity contribution in [2.45, 2.75) is 30.3 Å². The van der Waals surface area contributed by atoms with Crippen molar-refractivity contribution in [3.8, 4) is 0 Å². The van der Waals surface area contributed by atoms with Crippen LogP contribution in [0.25, 0.3) is 0 Å². The SMILES string of the molecule is O=C(c1cc(S(=O)(=O)N2CCSCC2)c[nH]1)N(Cc1ccccn1)C1CC1. The summed E-state index contributed by atoms with van der Waals surface area (Å²) in [5.74, 6) is 1.42. The lowest BCUT2D eigenvalue weighted by atomic mass is 10.3. The van der Waals surface area contributed by atoms with E-state index in [0.717, 1.165) is 30.0 Å². The molecule has 1 amide bonds. The number of aromatic amines is 1. The third-order valence-electron chi connectivity index (χ3n) is 4.80. The van der Waals surface area contributed by atoms with E-state index < -0.39 is 10.0 Å². The predicted octanol–water partition coefficient (Wildman–Crippen LogP) is 1.95. The minimum absolute atomic E-state index is 0.159. The Morgan fingerprint density at radius 2 is 2.07 bits per heavy atom. The van der Waals surface area contributed by atoms with Gasteiger partial charge in [0, 0.05) is 43.0 Å².